The maximum Gasteiger partial charge on any atom is 0.335 e. The smallest absolute Gasteiger partial charge is 0.335 e. The monoisotopic (exact) mass is 162 g/mol. The molecule has 0 heterocycles. The van der Waals surface area contributed by atoms with Crippen molar-refractivity contribution in [2.24, 2.45) is 0 Å². The molecule has 0 saturated carbocycles. The van der Waals surface area contributed by atoms with Gasteiger partial charge in [0.05, 0.1) is 6.10 Å². The van der Waals surface area contributed by atoms with Crippen LogP contribution in [0.15, 0.2) is 0 Å². The SMILES string of the molecule is CCCCC(O)C(O)C(=O)O. The molecule has 0 aromatic heterocycles. The summed E-state index contributed by atoms with van der Waals surface area (Å²) in [5, 5.41) is 26.0. The Kier molecular flexibility index (Phi) is 4.81. The molecular formula is C7H14O4. The molecule has 0 aliphatic rings. The van der Waals surface area contributed by atoms with E-state index in [1.807, 2.05) is 6.92 Å². The molecule has 2 atom stereocenters. The molecule has 66 valence electrons. The molecule has 4 heteroatoms. The van der Waals surface area contributed by atoms with Gasteiger partial charge in [0.1, 0.15) is 0 Å². The highest BCUT2D eigenvalue weighted by Crippen LogP contribution is 2.04. The van der Waals surface area contributed by atoms with Gasteiger partial charge in [0.15, 0.2) is 6.10 Å². The van der Waals surface area contributed by atoms with Crippen molar-refractivity contribution in [3.8, 4) is 0 Å². The normalized spacial score (nSPS) is 15.9. The molecule has 3 N–H and O–H groups in total. The van der Waals surface area contributed by atoms with Crippen molar-refractivity contribution >= 4 is 5.97 Å². The molecule has 0 radical (unpaired) electrons. The van der Waals surface area contributed by atoms with Crippen LogP contribution < -0.4 is 0 Å². The third-order valence-corrected chi connectivity index (χ3v) is 1.47. The third-order valence-electron chi connectivity index (χ3n) is 1.47. The van der Waals surface area contributed by atoms with Crippen LogP contribution in [0.2, 0.25) is 0 Å². The number of rotatable bonds is 5. The van der Waals surface area contributed by atoms with Crippen LogP contribution in [-0.4, -0.2) is 33.5 Å². The van der Waals surface area contributed by atoms with Crippen LogP contribution in [0.4, 0.5) is 0 Å². The average molecular weight is 162 g/mol. The van der Waals surface area contributed by atoms with Gasteiger partial charge in [-0.3, -0.25) is 0 Å². The minimum Gasteiger partial charge on any atom is -0.479 e. The van der Waals surface area contributed by atoms with Crippen molar-refractivity contribution in [1.82, 2.24) is 0 Å². The molecule has 4 nitrogen and oxygen atoms in total. The number of unbranched alkanes of at least 4 members (excludes halogenated alkanes) is 1. The van der Waals surface area contributed by atoms with Crippen molar-refractivity contribution in [2.75, 3.05) is 0 Å². The molecule has 0 bridgehead atoms. The molecule has 0 aromatic rings. The van der Waals surface area contributed by atoms with Crippen LogP contribution in [0, 0.1) is 0 Å². The number of aliphatic hydroxyl groups excluding tert-OH is 2. The summed E-state index contributed by atoms with van der Waals surface area (Å²) in [5.41, 5.74) is 0. The molecule has 0 spiro atoms. The lowest BCUT2D eigenvalue weighted by Crippen LogP contribution is -2.33. The summed E-state index contributed by atoms with van der Waals surface area (Å²) in [7, 11) is 0. The second-order valence-electron chi connectivity index (χ2n) is 2.49. The highest BCUT2D eigenvalue weighted by Gasteiger charge is 2.22. The van der Waals surface area contributed by atoms with E-state index in [1.54, 1.807) is 0 Å². The Bertz CT molecular complexity index is 124. The van der Waals surface area contributed by atoms with Gasteiger partial charge in [0, 0.05) is 0 Å². The van der Waals surface area contributed by atoms with E-state index in [0.29, 0.717) is 6.42 Å². The first-order valence-electron chi connectivity index (χ1n) is 3.68. The molecule has 0 amide bonds. The van der Waals surface area contributed by atoms with Crippen LogP contribution in [0.3, 0.4) is 0 Å². The highest BCUT2D eigenvalue weighted by atomic mass is 16.4. The summed E-state index contributed by atoms with van der Waals surface area (Å²) in [6.07, 6.45) is -0.826. The fourth-order valence-electron chi connectivity index (χ4n) is 0.736. The molecule has 0 aliphatic heterocycles. The summed E-state index contributed by atoms with van der Waals surface area (Å²) < 4.78 is 0. The van der Waals surface area contributed by atoms with E-state index in [9.17, 15) is 4.79 Å². The lowest BCUT2D eigenvalue weighted by molar-refractivity contribution is -0.153. The molecule has 0 saturated heterocycles. The van der Waals surface area contributed by atoms with Crippen LogP contribution >= 0.6 is 0 Å². The van der Waals surface area contributed by atoms with E-state index >= 15 is 0 Å². The van der Waals surface area contributed by atoms with E-state index in [-0.39, 0.29) is 0 Å². The summed E-state index contributed by atoms with van der Waals surface area (Å²) in [6.45, 7) is 1.93. The van der Waals surface area contributed by atoms with Gasteiger partial charge in [-0.25, -0.2) is 4.79 Å². The summed E-state index contributed by atoms with van der Waals surface area (Å²) in [6, 6.07) is 0. The number of carboxylic acid groups (broad SMARTS) is 1. The maximum atomic E-state index is 10.1. The van der Waals surface area contributed by atoms with E-state index in [0.717, 1.165) is 12.8 Å². The number of aliphatic hydroxyl groups is 2. The van der Waals surface area contributed by atoms with Crippen molar-refractivity contribution in [3.05, 3.63) is 0 Å². The van der Waals surface area contributed by atoms with Gasteiger partial charge in [-0.1, -0.05) is 19.8 Å². The fourth-order valence-corrected chi connectivity index (χ4v) is 0.736. The zero-order valence-electron chi connectivity index (χ0n) is 6.53. The van der Waals surface area contributed by atoms with Crippen molar-refractivity contribution in [3.63, 3.8) is 0 Å². The summed E-state index contributed by atoms with van der Waals surface area (Å²) in [4.78, 5) is 10.1. The van der Waals surface area contributed by atoms with Gasteiger partial charge in [-0.2, -0.15) is 0 Å². The molecular weight excluding hydrogens is 148 g/mol. The first-order chi connectivity index (χ1) is 5.09. The second kappa shape index (κ2) is 5.09. The average Bonchev–Trinajstić information content (AvgIpc) is 1.98. The van der Waals surface area contributed by atoms with Gasteiger partial charge in [0.2, 0.25) is 0 Å². The van der Waals surface area contributed by atoms with E-state index < -0.39 is 18.2 Å². The highest BCUT2D eigenvalue weighted by molar-refractivity contribution is 5.72. The lowest BCUT2D eigenvalue weighted by Gasteiger charge is -2.12. The Labute approximate surface area is 65.5 Å². The quantitative estimate of drug-likeness (QED) is 0.531. The zero-order valence-corrected chi connectivity index (χ0v) is 6.53. The van der Waals surface area contributed by atoms with Gasteiger partial charge in [-0.05, 0) is 6.42 Å². The van der Waals surface area contributed by atoms with E-state index in [2.05, 4.69) is 0 Å². The number of carbonyl (C=O) groups is 1. The maximum absolute atomic E-state index is 10.1. The molecule has 0 rings (SSSR count). The Balaban J connectivity index is 3.63. The van der Waals surface area contributed by atoms with E-state index in [4.69, 9.17) is 15.3 Å². The summed E-state index contributed by atoms with van der Waals surface area (Å²) >= 11 is 0. The minimum absolute atomic E-state index is 0.337. The van der Waals surface area contributed by atoms with Gasteiger partial charge >= 0.3 is 5.97 Å². The predicted molar refractivity (Wildman–Crippen MR) is 39.2 cm³/mol. The Morgan fingerprint density at radius 3 is 2.36 bits per heavy atom. The van der Waals surface area contributed by atoms with Gasteiger partial charge in [-0.15, -0.1) is 0 Å². The summed E-state index contributed by atoms with van der Waals surface area (Å²) in [5.74, 6) is -1.37. The number of carboxylic acids is 1. The van der Waals surface area contributed by atoms with Crippen LogP contribution in [0.5, 0.6) is 0 Å². The predicted octanol–water partition coefficient (Wildman–Crippen LogP) is -0.0170. The van der Waals surface area contributed by atoms with Crippen molar-refractivity contribution in [2.45, 2.75) is 38.4 Å². The van der Waals surface area contributed by atoms with Crippen LogP contribution in [0.25, 0.3) is 0 Å². The minimum atomic E-state index is -1.64. The zero-order chi connectivity index (χ0) is 8.85. The Morgan fingerprint density at radius 1 is 1.45 bits per heavy atom. The number of aliphatic carboxylic acids is 1. The molecule has 0 aromatic carbocycles. The van der Waals surface area contributed by atoms with E-state index in [1.165, 1.54) is 0 Å². The molecule has 11 heavy (non-hydrogen) atoms. The van der Waals surface area contributed by atoms with Gasteiger partial charge < -0.3 is 15.3 Å². The molecule has 2 unspecified atom stereocenters. The first kappa shape index (κ1) is 10.4. The lowest BCUT2D eigenvalue weighted by atomic mass is 10.1. The third kappa shape index (κ3) is 3.95. The molecule has 0 aliphatic carbocycles. The Hall–Kier alpha value is -0.610. The number of hydrogen-bond donors (Lipinski definition) is 3. The van der Waals surface area contributed by atoms with Crippen LogP contribution in [-0.2, 0) is 4.79 Å². The molecule has 0 fully saturated rings. The standard InChI is InChI=1S/C7H14O4/c1-2-3-4-5(8)6(9)7(10)11/h5-6,8-9H,2-4H2,1H3,(H,10,11). The van der Waals surface area contributed by atoms with Crippen molar-refractivity contribution < 1.29 is 20.1 Å². The second-order valence-corrected chi connectivity index (χ2v) is 2.49. The number of hydrogen-bond acceptors (Lipinski definition) is 3. The first-order valence-corrected chi connectivity index (χ1v) is 3.68. The largest absolute Gasteiger partial charge is 0.479 e. The van der Waals surface area contributed by atoms with Crippen molar-refractivity contribution in [1.29, 1.82) is 0 Å². The van der Waals surface area contributed by atoms with Crippen LogP contribution in [0.1, 0.15) is 26.2 Å². The topological polar surface area (TPSA) is 77.8 Å². The Morgan fingerprint density at radius 2 is 2.00 bits per heavy atom. The fraction of sp³-hybridized carbons (Fsp3) is 0.857. The van der Waals surface area contributed by atoms with Gasteiger partial charge in [0.25, 0.3) is 0 Å².